The van der Waals surface area contributed by atoms with Gasteiger partial charge in [0, 0.05) is 16.8 Å². The Labute approximate surface area is 119 Å². The fourth-order valence-corrected chi connectivity index (χ4v) is 2.91. The fraction of sp³-hybridized carbons (Fsp3) is 0.846. The highest BCUT2D eigenvalue weighted by Crippen LogP contribution is 2.42. The first-order valence-corrected chi connectivity index (χ1v) is 8.01. The minimum atomic E-state index is 0.0525. The van der Waals surface area contributed by atoms with Crippen LogP contribution in [0, 0.1) is 0 Å². The van der Waals surface area contributed by atoms with Crippen molar-refractivity contribution in [1.82, 2.24) is 15.5 Å². The molecule has 1 fully saturated rings. The van der Waals surface area contributed by atoms with Gasteiger partial charge in [-0.1, -0.05) is 11.5 Å². The molecule has 2 rings (SSSR count). The Hall–Kier alpha value is -0.750. The zero-order valence-electron chi connectivity index (χ0n) is 12.2. The van der Waals surface area contributed by atoms with Crippen LogP contribution in [0.2, 0.25) is 0 Å². The number of hydrogen-bond donors (Lipinski definition) is 2. The van der Waals surface area contributed by atoms with E-state index in [1.165, 1.54) is 19.3 Å². The van der Waals surface area contributed by atoms with Gasteiger partial charge in [0.2, 0.25) is 5.89 Å². The van der Waals surface area contributed by atoms with Gasteiger partial charge in [0.05, 0.1) is 6.54 Å². The summed E-state index contributed by atoms with van der Waals surface area (Å²) >= 11 is 1.93. The highest BCUT2D eigenvalue weighted by atomic mass is 32.2. The second kappa shape index (κ2) is 5.71. The molecule has 0 amide bonds. The molecule has 1 aliphatic rings. The number of thioether (sulfide) groups is 1. The zero-order valence-corrected chi connectivity index (χ0v) is 13.1. The number of nitrogens with one attached hydrogen (secondary N) is 2. The van der Waals surface area contributed by atoms with Gasteiger partial charge in [0.15, 0.2) is 0 Å². The molecule has 1 aromatic rings. The Morgan fingerprint density at radius 1 is 1.32 bits per heavy atom. The van der Waals surface area contributed by atoms with E-state index in [4.69, 9.17) is 4.42 Å². The van der Waals surface area contributed by atoms with Gasteiger partial charge in [-0.3, -0.25) is 0 Å². The lowest BCUT2D eigenvalue weighted by Crippen LogP contribution is -2.40. The lowest BCUT2D eigenvalue weighted by atomic mass is 9.84. The van der Waals surface area contributed by atoms with Gasteiger partial charge in [-0.25, -0.2) is 0 Å². The predicted octanol–water partition coefficient (Wildman–Crippen LogP) is 2.66. The summed E-state index contributed by atoms with van der Waals surface area (Å²) in [6.07, 6.45) is 6.04. The first-order valence-electron chi connectivity index (χ1n) is 6.79. The van der Waals surface area contributed by atoms with E-state index in [2.05, 4.69) is 47.9 Å². The molecule has 0 saturated heterocycles. The van der Waals surface area contributed by atoms with E-state index in [1.54, 1.807) is 0 Å². The Balaban J connectivity index is 1.80. The number of hydrogen-bond acceptors (Lipinski definition) is 6. The van der Waals surface area contributed by atoms with Crippen LogP contribution in [0.15, 0.2) is 4.42 Å². The molecule has 6 heteroatoms. The van der Waals surface area contributed by atoms with Crippen molar-refractivity contribution < 1.29 is 4.42 Å². The van der Waals surface area contributed by atoms with Crippen LogP contribution in [0.3, 0.4) is 0 Å². The Bertz CT molecular complexity index is 404. The molecule has 19 heavy (non-hydrogen) atoms. The summed E-state index contributed by atoms with van der Waals surface area (Å²) in [4.78, 5) is 0. The normalized spacial score (nSPS) is 18.1. The summed E-state index contributed by atoms with van der Waals surface area (Å²) in [6.45, 7) is 7.85. The van der Waals surface area contributed by atoms with E-state index in [0.29, 0.717) is 23.2 Å². The molecular weight excluding hydrogens is 260 g/mol. The van der Waals surface area contributed by atoms with E-state index >= 15 is 0 Å². The van der Waals surface area contributed by atoms with E-state index in [1.807, 2.05) is 11.8 Å². The average Bonchev–Trinajstić information content (AvgIpc) is 2.73. The predicted molar refractivity (Wildman–Crippen MR) is 79.5 cm³/mol. The minimum absolute atomic E-state index is 0.0525. The standard InChI is InChI=1S/C13H24N4OS/c1-12(2,3)15-8-10-16-17-11(18-10)14-9-13(19-4)6-5-7-13/h15H,5-9H2,1-4H3,(H,14,17). The molecular formula is C13H24N4OS. The molecule has 1 aromatic heterocycles. The Morgan fingerprint density at radius 3 is 2.58 bits per heavy atom. The summed E-state index contributed by atoms with van der Waals surface area (Å²) in [5.74, 6) is 0.629. The third kappa shape index (κ3) is 4.11. The monoisotopic (exact) mass is 284 g/mol. The molecule has 0 spiro atoms. The van der Waals surface area contributed by atoms with Crippen LogP contribution >= 0.6 is 11.8 Å². The van der Waals surface area contributed by atoms with Gasteiger partial charge in [-0.2, -0.15) is 11.8 Å². The van der Waals surface area contributed by atoms with Crippen LogP contribution in [0.1, 0.15) is 45.9 Å². The summed E-state index contributed by atoms with van der Waals surface area (Å²) in [5, 5.41) is 14.7. The Morgan fingerprint density at radius 2 is 2.05 bits per heavy atom. The van der Waals surface area contributed by atoms with Crippen LogP contribution in [0.4, 0.5) is 6.01 Å². The molecule has 1 heterocycles. The highest BCUT2D eigenvalue weighted by Gasteiger charge is 2.36. The fourth-order valence-electron chi connectivity index (χ4n) is 2.00. The van der Waals surface area contributed by atoms with Crippen LogP contribution in [-0.2, 0) is 6.54 Å². The maximum atomic E-state index is 5.58. The molecule has 5 nitrogen and oxygen atoms in total. The summed E-state index contributed by atoms with van der Waals surface area (Å²) in [5.41, 5.74) is 0.0525. The second-order valence-corrected chi connectivity index (χ2v) is 7.47. The number of nitrogens with zero attached hydrogens (tertiary/aromatic N) is 2. The third-order valence-electron chi connectivity index (χ3n) is 3.50. The Kier molecular flexibility index (Phi) is 4.40. The second-order valence-electron chi connectivity index (χ2n) is 6.20. The van der Waals surface area contributed by atoms with Crippen LogP contribution in [0.5, 0.6) is 0 Å². The highest BCUT2D eigenvalue weighted by molar-refractivity contribution is 8.00. The van der Waals surface area contributed by atoms with Crippen molar-refractivity contribution in [3.63, 3.8) is 0 Å². The van der Waals surface area contributed by atoms with Gasteiger partial charge in [-0.05, 0) is 39.9 Å². The quantitative estimate of drug-likeness (QED) is 0.837. The van der Waals surface area contributed by atoms with Crippen molar-refractivity contribution in [3.05, 3.63) is 5.89 Å². The van der Waals surface area contributed by atoms with Gasteiger partial charge >= 0.3 is 6.01 Å². The molecule has 2 N–H and O–H groups in total. The van der Waals surface area contributed by atoms with E-state index in [-0.39, 0.29) is 5.54 Å². The van der Waals surface area contributed by atoms with Crippen molar-refractivity contribution in [3.8, 4) is 0 Å². The van der Waals surface area contributed by atoms with Crippen LogP contribution in [0.25, 0.3) is 0 Å². The summed E-state index contributed by atoms with van der Waals surface area (Å²) in [6, 6.07) is 0.533. The molecule has 0 aromatic carbocycles. The van der Waals surface area contributed by atoms with Crippen molar-refractivity contribution in [2.45, 2.75) is 56.9 Å². The van der Waals surface area contributed by atoms with Gasteiger partial charge in [0.25, 0.3) is 0 Å². The molecule has 0 radical (unpaired) electrons. The maximum absolute atomic E-state index is 5.58. The molecule has 0 bridgehead atoms. The topological polar surface area (TPSA) is 63.0 Å². The van der Waals surface area contributed by atoms with E-state index in [9.17, 15) is 0 Å². The van der Waals surface area contributed by atoms with Gasteiger partial charge in [-0.15, -0.1) is 5.10 Å². The van der Waals surface area contributed by atoms with Gasteiger partial charge in [0.1, 0.15) is 0 Å². The lowest BCUT2D eigenvalue weighted by molar-refractivity contribution is 0.370. The summed E-state index contributed by atoms with van der Waals surface area (Å²) in [7, 11) is 0. The smallest absolute Gasteiger partial charge is 0.315 e. The third-order valence-corrected chi connectivity index (χ3v) is 4.91. The van der Waals surface area contributed by atoms with E-state index in [0.717, 1.165) is 6.54 Å². The molecule has 108 valence electrons. The molecule has 1 saturated carbocycles. The van der Waals surface area contributed by atoms with Crippen molar-refractivity contribution in [2.24, 2.45) is 0 Å². The zero-order chi connectivity index (χ0) is 13.9. The lowest BCUT2D eigenvalue weighted by Gasteiger charge is -2.40. The van der Waals surface area contributed by atoms with Crippen LogP contribution < -0.4 is 10.6 Å². The maximum Gasteiger partial charge on any atom is 0.315 e. The number of anilines is 1. The molecule has 0 unspecified atom stereocenters. The summed E-state index contributed by atoms with van der Waals surface area (Å²) < 4.78 is 5.96. The largest absolute Gasteiger partial charge is 0.407 e. The molecule has 0 aliphatic heterocycles. The SMILES string of the molecule is CSC1(CNc2nnc(CNC(C)(C)C)o2)CCC1. The number of aromatic nitrogens is 2. The number of rotatable bonds is 6. The first-order chi connectivity index (χ1) is 8.92. The van der Waals surface area contributed by atoms with E-state index < -0.39 is 0 Å². The van der Waals surface area contributed by atoms with Crippen molar-refractivity contribution >= 4 is 17.8 Å². The van der Waals surface area contributed by atoms with Crippen molar-refractivity contribution in [2.75, 3.05) is 18.1 Å². The average molecular weight is 284 g/mol. The molecule has 0 atom stereocenters. The van der Waals surface area contributed by atoms with Crippen LogP contribution in [-0.4, -0.2) is 33.3 Å². The molecule has 1 aliphatic carbocycles. The first kappa shape index (κ1) is 14.7. The minimum Gasteiger partial charge on any atom is -0.407 e. The van der Waals surface area contributed by atoms with Gasteiger partial charge < -0.3 is 15.1 Å². The van der Waals surface area contributed by atoms with Crippen molar-refractivity contribution in [1.29, 1.82) is 0 Å².